The highest BCUT2D eigenvalue weighted by atomic mass is 32.2. The van der Waals surface area contributed by atoms with Crippen LogP contribution < -0.4 is 10.6 Å². The van der Waals surface area contributed by atoms with Crippen molar-refractivity contribution in [3.8, 4) is 0 Å². The molecule has 1 aromatic heterocycles. The first-order valence-corrected chi connectivity index (χ1v) is 17.7. The molecule has 0 saturated heterocycles. The summed E-state index contributed by atoms with van der Waals surface area (Å²) in [4.78, 5) is 41.3. The van der Waals surface area contributed by atoms with Crippen molar-refractivity contribution in [2.75, 3.05) is 25.4 Å². The minimum Gasteiger partial charge on any atom is -0.448 e. The van der Waals surface area contributed by atoms with Crippen LogP contribution in [0.5, 0.6) is 0 Å². The fourth-order valence-electron chi connectivity index (χ4n) is 3.92. The fraction of sp³-hybridized carbons (Fsp3) is 0.474. The predicted octanol–water partition coefficient (Wildman–Crippen LogP) is 6.32. The van der Waals surface area contributed by atoms with Crippen LogP contribution in [-0.4, -0.2) is 70.8 Å². The van der Waals surface area contributed by atoms with Gasteiger partial charge in [-0.1, -0.05) is 93.7 Å². The summed E-state index contributed by atoms with van der Waals surface area (Å²) in [6.07, 6.45) is 32.0. The third-order valence-electron chi connectivity index (χ3n) is 6.75. The van der Waals surface area contributed by atoms with Gasteiger partial charge < -0.3 is 25.6 Å². The van der Waals surface area contributed by atoms with Gasteiger partial charge in [0.15, 0.2) is 12.4 Å². The second-order valence-corrected chi connectivity index (χ2v) is 12.4. The number of carbonyl (C=O) groups excluding carboxylic acids is 3. The zero-order chi connectivity index (χ0) is 36.0. The Morgan fingerprint density at radius 1 is 0.878 bits per heavy atom. The number of aromatic nitrogens is 1. The largest absolute Gasteiger partial charge is 0.448 e. The van der Waals surface area contributed by atoms with Gasteiger partial charge in [0.1, 0.15) is 0 Å². The van der Waals surface area contributed by atoms with E-state index in [4.69, 9.17) is 8.92 Å². The van der Waals surface area contributed by atoms with E-state index in [9.17, 15) is 24.6 Å². The first-order chi connectivity index (χ1) is 23.7. The lowest BCUT2D eigenvalue weighted by Crippen LogP contribution is -2.48. The number of rotatable bonds is 26. The van der Waals surface area contributed by atoms with Crippen molar-refractivity contribution in [1.29, 1.82) is 0 Å². The van der Waals surface area contributed by atoms with E-state index < -0.39 is 36.3 Å². The van der Waals surface area contributed by atoms with E-state index in [1.165, 1.54) is 18.5 Å². The van der Waals surface area contributed by atoms with Crippen molar-refractivity contribution < 1.29 is 33.5 Å². The summed E-state index contributed by atoms with van der Waals surface area (Å²) in [5.41, 5.74) is -0.880. The van der Waals surface area contributed by atoms with Crippen LogP contribution >= 0.6 is 12.0 Å². The molecule has 0 aliphatic carbocycles. The molecule has 0 fully saturated rings. The minimum atomic E-state index is -1.28. The van der Waals surface area contributed by atoms with Crippen LogP contribution in [0.2, 0.25) is 0 Å². The Bertz CT molecular complexity index is 1240. The number of nitrogens with zero attached hydrogens (tertiary/aromatic N) is 1. The molecule has 2 amide bonds. The molecule has 0 aromatic carbocycles. The Kier molecular flexibility index (Phi) is 24.8. The number of esters is 1. The van der Waals surface area contributed by atoms with Gasteiger partial charge in [-0.05, 0) is 62.7 Å². The number of carbonyl (C=O) groups is 3. The maximum Gasteiger partial charge on any atom is 0.340 e. The van der Waals surface area contributed by atoms with E-state index in [2.05, 4.69) is 83.3 Å². The number of aliphatic hydroxyl groups is 2. The number of hydrogen-bond acceptors (Lipinski definition) is 9. The molecule has 4 N–H and O–H groups in total. The Balaban J connectivity index is 2.14. The number of ether oxygens (including phenoxy) is 1. The number of pyridine rings is 1. The van der Waals surface area contributed by atoms with E-state index in [0.29, 0.717) is 18.7 Å². The van der Waals surface area contributed by atoms with Crippen LogP contribution in [0.15, 0.2) is 97.4 Å². The molecule has 0 bridgehead atoms. The molecule has 49 heavy (non-hydrogen) atoms. The van der Waals surface area contributed by atoms with E-state index in [-0.39, 0.29) is 24.4 Å². The third kappa shape index (κ3) is 22.5. The van der Waals surface area contributed by atoms with Gasteiger partial charge in [-0.25, -0.2) is 4.79 Å². The lowest BCUT2D eigenvalue weighted by molar-refractivity contribution is -0.138. The van der Waals surface area contributed by atoms with Crippen LogP contribution in [0.3, 0.4) is 0 Å². The molecule has 0 aliphatic rings. The number of aliphatic hydroxyl groups excluding tert-OH is 2. The molecule has 1 aromatic rings. The topological polar surface area (TPSA) is 147 Å². The molecule has 0 aliphatic heterocycles. The van der Waals surface area contributed by atoms with E-state index in [1.54, 1.807) is 19.9 Å². The van der Waals surface area contributed by atoms with Crippen molar-refractivity contribution >= 4 is 29.8 Å². The second kappa shape index (κ2) is 28.1. The standard InChI is InChI=1S/C38H55N3O7S/c1-4-5-6-7-8-9-10-11-12-13-14-15-16-17-18-19-20-21-24-34(44)48-49-29-28-40-33(43)25-27-41-36(45)35(38(2,3)31-42)47-37(46)32-23-22-26-39-30-32/h5-6,8-9,11-12,14-15,17-18,20-23,26,30,34-35,42,44H,4,7,10,13,16,19,24-25,27-29,31H2,1-3H3,(H,40,43)(H,41,45). The molecule has 1 rings (SSSR count). The average molecular weight is 698 g/mol. The smallest absolute Gasteiger partial charge is 0.340 e. The van der Waals surface area contributed by atoms with E-state index in [0.717, 1.165) is 50.6 Å². The van der Waals surface area contributed by atoms with Crippen LogP contribution in [-0.2, 0) is 18.5 Å². The Hall–Kier alpha value is -3.77. The van der Waals surface area contributed by atoms with Crippen molar-refractivity contribution in [3.05, 3.63) is 103 Å². The Morgan fingerprint density at radius 2 is 1.45 bits per heavy atom. The van der Waals surface area contributed by atoms with Gasteiger partial charge in [-0.15, -0.1) is 0 Å². The average Bonchev–Trinajstić information content (AvgIpc) is 3.10. The summed E-state index contributed by atoms with van der Waals surface area (Å²) in [5, 5.41) is 25.1. The lowest BCUT2D eigenvalue weighted by atomic mass is 9.86. The second-order valence-electron chi connectivity index (χ2n) is 11.6. The normalized spacial score (nSPS) is 13.7. The maximum absolute atomic E-state index is 12.8. The van der Waals surface area contributed by atoms with Gasteiger partial charge in [0.25, 0.3) is 5.91 Å². The minimum absolute atomic E-state index is 0.00535. The third-order valence-corrected chi connectivity index (χ3v) is 7.48. The molecule has 1 heterocycles. The Labute approximate surface area is 296 Å². The van der Waals surface area contributed by atoms with Crippen molar-refractivity contribution in [1.82, 2.24) is 15.6 Å². The van der Waals surface area contributed by atoms with Gasteiger partial charge in [0.05, 0.1) is 12.2 Å². The summed E-state index contributed by atoms with van der Waals surface area (Å²) in [6.45, 7) is 5.26. The summed E-state index contributed by atoms with van der Waals surface area (Å²) in [5.74, 6) is -1.22. The van der Waals surface area contributed by atoms with Gasteiger partial charge >= 0.3 is 5.97 Å². The van der Waals surface area contributed by atoms with E-state index in [1.807, 2.05) is 12.2 Å². The Morgan fingerprint density at radius 3 is 1.98 bits per heavy atom. The number of amides is 2. The summed E-state index contributed by atoms with van der Waals surface area (Å²) in [7, 11) is 0. The zero-order valence-electron chi connectivity index (χ0n) is 29.2. The molecule has 10 nitrogen and oxygen atoms in total. The molecule has 2 atom stereocenters. The zero-order valence-corrected chi connectivity index (χ0v) is 30.0. The van der Waals surface area contributed by atoms with Gasteiger partial charge in [-0.3, -0.25) is 18.8 Å². The molecule has 270 valence electrons. The molecule has 0 radical (unpaired) electrons. The van der Waals surface area contributed by atoms with Crippen LogP contribution in [0, 0.1) is 5.41 Å². The maximum atomic E-state index is 12.8. The highest BCUT2D eigenvalue weighted by molar-refractivity contribution is 7.94. The number of hydrogen-bond donors (Lipinski definition) is 4. The number of nitrogens with one attached hydrogen (secondary N) is 2. The van der Waals surface area contributed by atoms with E-state index >= 15 is 0 Å². The molecule has 2 unspecified atom stereocenters. The molecule has 11 heteroatoms. The van der Waals surface area contributed by atoms with Crippen molar-refractivity contribution in [2.45, 2.75) is 84.5 Å². The van der Waals surface area contributed by atoms with Crippen LogP contribution in [0.1, 0.15) is 82.5 Å². The molecular formula is C38H55N3O7S. The molecular weight excluding hydrogens is 642 g/mol. The predicted molar refractivity (Wildman–Crippen MR) is 197 cm³/mol. The highest BCUT2D eigenvalue weighted by Crippen LogP contribution is 2.24. The lowest BCUT2D eigenvalue weighted by Gasteiger charge is -2.30. The summed E-state index contributed by atoms with van der Waals surface area (Å²) in [6, 6.07) is 3.08. The number of allylic oxidation sites excluding steroid dienone is 11. The molecule has 0 saturated carbocycles. The quantitative estimate of drug-likeness (QED) is 0.0287. The fourth-order valence-corrected chi connectivity index (χ4v) is 4.44. The van der Waals surface area contributed by atoms with Crippen LogP contribution in [0.4, 0.5) is 0 Å². The first kappa shape index (κ1) is 43.3. The van der Waals surface area contributed by atoms with Gasteiger partial charge in [-0.2, -0.15) is 0 Å². The van der Waals surface area contributed by atoms with Gasteiger partial charge in [0.2, 0.25) is 5.91 Å². The van der Waals surface area contributed by atoms with Crippen molar-refractivity contribution in [2.24, 2.45) is 5.41 Å². The van der Waals surface area contributed by atoms with Crippen molar-refractivity contribution in [3.63, 3.8) is 0 Å². The summed E-state index contributed by atoms with van der Waals surface area (Å²) >= 11 is 1.06. The monoisotopic (exact) mass is 697 g/mol. The highest BCUT2D eigenvalue weighted by Gasteiger charge is 2.38. The SMILES string of the molecule is CCC=CCC=CCC=CCC=CCC=CCC=CCC(O)OSCCNC(=O)CCNC(=O)C(OC(=O)c1cccnc1)C(C)(C)CO. The molecule has 0 spiro atoms. The first-order valence-electron chi connectivity index (χ1n) is 16.8. The van der Waals surface area contributed by atoms with Crippen LogP contribution in [0.25, 0.3) is 0 Å². The van der Waals surface area contributed by atoms with Gasteiger partial charge in [0, 0.05) is 49.5 Å². The summed E-state index contributed by atoms with van der Waals surface area (Å²) < 4.78 is 10.7.